The molecule has 10 N–H and O–H groups in total. The first-order chi connectivity index (χ1) is 26.2. The van der Waals surface area contributed by atoms with Crippen molar-refractivity contribution >= 4 is 69.1 Å². The summed E-state index contributed by atoms with van der Waals surface area (Å²) in [5, 5.41) is 26.4. The number of hydrogen-bond acceptors (Lipinski definition) is 18. The number of quaternary nitrogens is 1. The molecule has 0 spiro atoms. The van der Waals surface area contributed by atoms with Gasteiger partial charge in [-0.3, -0.25) is 32.5 Å². The van der Waals surface area contributed by atoms with E-state index < -0.39 is 84.6 Å². The van der Waals surface area contributed by atoms with Gasteiger partial charge in [-0.15, -0.1) is 0 Å². The minimum Gasteiger partial charge on any atom is -0.386 e. The van der Waals surface area contributed by atoms with E-state index in [1.807, 2.05) is 21.1 Å². The highest BCUT2D eigenvalue weighted by Crippen LogP contribution is 2.61. The summed E-state index contributed by atoms with van der Waals surface area (Å²) < 4.78 is 62.9. The molecule has 0 aliphatic carbocycles. The third-order valence-electron chi connectivity index (χ3n) is 7.97. The first-order valence-electron chi connectivity index (χ1n) is 17.1. The number of nitrogens with one attached hydrogen (secondary N) is 2. The molecule has 0 saturated carbocycles. The predicted molar refractivity (Wildman–Crippen MR) is 199 cm³/mol. The van der Waals surface area contributed by atoms with E-state index in [4.69, 9.17) is 19.5 Å². The van der Waals surface area contributed by atoms with Crippen LogP contribution in [0.1, 0.15) is 39.3 Å². The highest BCUT2D eigenvalue weighted by atomic mass is 32.2. The number of nitrogen functional groups attached to an aromatic ring is 1. The van der Waals surface area contributed by atoms with Crippen molar-refractivity contribution in [1.82, 2.24) is 30.2 Å². The number of nitrogens with zero attached hydrogens (tertiary/aromatic N) is 5. The Labute approximate surface area is 331 Å². The summed E-state index contributed by atoms with van der Waals surface area (Å²) in [7, 11) is -10.3. The quantitative estimate of drug-likeness (QED) is 0.0373. The number of fused-ring (bicyclic) bond motifs is 1. The fourth-order valence-electron chi connectivity index (χ4n) is 5.06. The molecule has 7 atom stereocenters. The lowest BCUT2D eigenvalue weighted by atomic mass is 9.87. The van der Waals surface area contributed by atoms with Crippen molar-refractivity contribution < 1.29 is 85.0 Å². The second-order valence-corrected chi connectivity index (χ2v) is 19.8. The number of aromatic nitrogens is 4. The molecule has 1 saturated heterocycles. The predicted octanol–water partition coefficient (Wildman–Crippen LogP) is -0.849. The van der Waals surface area contributed by atoms with Crippen molar-refractivity contribution in [3.8, 4) is 0 Å². The Morgan fingerprint density at radius 1 is 1.04 bits per heavy atom. The Kier molecular flexibility index (Phi) is 17.3. The van der Waals surface area contributed by atoms with Crippen molar-refractivity contribution in [3.05, 3.63) is 12.7 Å². The summed E-state index contributed by atoms with van der Waals surface area (Å²) in [5.41, 5.74) is 4.27. The molecule has 2 unspecified atom stereocenters. The van der Waals surface area contributed by atoms with Gasteiger partial charge in [-0.2, -0.15) is 4.31 Å². The van der Waals surface area contributed by atoms with E-state index in [2.05, 4.69) is 34.4 Å². The third kappa shape index (κ3) is 15.9. The van der Waals surface area contributed by atoms with Crippen molar-refractivity contribution in [2.75, 3.05) is 65.5 Å². The molecule has 2 aromatic rings. The SMILES string of the molecule is CC(C)(COP(=O)(O)OP(=O)(O)OC[C@H]1O[C@@H](n2cnc3c(N)ncnc32)[C@H](O)[C@@H]1OP(=O)(O)O)[C@@H](O)C(=O)NCCC(=O)NCCSC(=O)CCC[N+](C)(C)C. The number of aliphatic hydroxyl groups excluding tert-OH is 2. The summed E-state index contributed by atoms with van der Waals surface area (Å²) in [5.74, 6) is -1.07. The van der Waals surface area contributed by atoms with Gasteiger partial charge < -0.3 is 55.4 Å². The van der Waals surface area contributed by atoms with Crippen LogP contribution in [0.3, 0.4) is 0 Å². The number of amides is 2. The standard InChI is InChI=1S/C28H49N8O17P3S/c1-28(2,23(40)26(41)31-9-8-18(37)30-10-12-57-19(38)7-6-11-36(3,4)5)14-50-56(47,48)53-55(45,46)49-13-17-22(52-54(42,43)44)21(39)27(51-17)35-16-34-20-24(29)32-15-33-25(20)35/h15-17,21-23,27,39-40H,6-14H2,1-5H3,(H7-,29,30,31,32,33,37,41,42,43,44,45,46,47,48)/p+1/t17-,21-,22-,23+,27-/m1/s1. The summed E-state index contributed by atoms with van der Waals surface area (Å²) in [6.07, 6.45) is -5.72. The van der Waals surface area contributed by atoms with Gasteiger partial charge in [0, 0.05) is 43.5 Å². The van der Waals surface area contributed by atoms with Crippen LogP contribution in [0, 0.1) is 5.41 Å². The van der Waals surface area contributed by atoms with Gasteiger partial charge in [-0.05, 0) is 0 Å². The molecule has 1 fully saturated rings. The fraction of sp³-hybridized carbons (Fsp3) is 0.714. The number of aliphatic hydroxyl groups is 2. The number of phosphoric ester groups is 3. The van der Waals surface area contributed by atoms with Gasteiger partial charge in [-0.1, -0.05) is 25.6 Å². The Bertz CT molecular complexity index is 1860. The molecular weight excluding hydrogens is 845 g/mol. The van der Waals surface area contributed by atoms with Crippen LogP contribution < -0.4 is 16.4 Å². The molecule has 3 heterocycles. The molecule has 324 valence electrons. The molecule has 2 aromatic heterocycles. The largest absolute Gasteiger partial charge is 0.481 e. The van der Waals surface area contributed by atoms with Crippen LogP contribution in [-0.2, 0) is 50.7 Å². The molecule has 2 amide bonds. The number of carbonyl (C=O) groups is 3. The topological polar surface area (TPSA) is 364 Å². The molecular formula is C28H50N8O17P3S+. The van der Waals surface area contributed by atoms with E-state index in [9.17, 15) is 57.9 Å². The van der Waals surface area contributed by atoms with Crippen LogP contribution in [0.2, 0.25) is 0 Å². The van der Waals surface area contributed by atoms with Gasteiger partial charge in [-0.25, -0.2) is 28.6 Å². The zero-order valence-electron chi connectivity index (χ0n) is 31.6. The Morgan fingerprint density at radius 2 is 1.70 bits per heavy atom. The molecule has 25 nitrogen and oxygen atoms in total. The summed E-state index contributed by atoms with van der Waals surface area (Å²) >= 11 is 1.11. The zero-order chi connectivity index (χ0) is 43.0. The molecule has 1 aliphatic rings. The number of rotatable bonds is 23. The lowest BCUT2D eigenvalue weighted by Gasteiger charge is -2.30. The van der Waals surface area contributed by atoms with Gasteiger partial charge in [0.2, 0.25) is 11.8 Å². The Morgan fingerprint density at radius 3 is 2.35 bits per heavy atom. The lowest BCUT2D eigenvalue weighted by Crippen LogP contribution is -2.46. The zero-order valence-corrected chi connectivity index (χ0v) is 35.1. The van der Waals surface area contributed by atoms with Crippen molar-refractivity contribution in [3.63, 3.8) is 0 Å². The van der Waals surface area contributed by atoms with E-state index in [-0.39, 0.29) is 41.6 Å². The smallest absolute Gasteiger partial charge is 0.386 e. The van der Waals surface area contributed by atoms with E-state index in [1.165, 1.54) is 13.8 Å². The summed E-state index contributed by atoms with van der Waals surface area (Å²) in [6, 6.07) is 0. The van der Waals surface area contributed by atoms with Gasteiger partial charge in [0.15, 0.2) is 22.8 Å². The molecule has 3 rings (SSSR count). The van der Waals surface area contributed by atoms with Crippen LogP contribution in [0.25, 0.3) is 11.2 Å². The normalized spacial score (nSPS) is 21.8. The van der Waals surface area contributed by atoms with Gasteiger partial charge in [0.1, 0.15) is 36.3 Å². The maximum atomic E-state index is 12.7. The maximum Gasteiger partial charge on any atom is 0.481 e. The Hall–Kier alpha value is -2.48. The monoisotopic (exact) mass is 895 g/mol. The third-order valence-corrected chi connectivity index (χ3v) is 12.0. The van der Waals surface area contributed by atoms with Crippen LogP contribution in [0.4, 0.5) is 5.82 Å². The average Bonchev–Trinajstić information content (AvgIpc) is 3.64. The molecule has 57 heavy (non-hydrogen) atoms. The minimum atomic E-state index is -5.57. The summed E-state index contributed by atoms with van der Waals surface area (Å²) in [6.45, 7) is 1.38. The van der Waals surface area contributed by atoms with E-state index in [1.54, 1.807) is 0 Å². The molecule has 29 heteroatoms. The molecule has 0 aromatic carbocycles. The lowest BCUT2D eigenvalue weighted by molar-refractivity contribution is -0.870. The van der Waals surface area contributed by atoms with E-state index >= 15 is 0 Å². The average molecular weight is 896 g/mol. The number of phosphoric acid groups is 3. The van der Waals surface area contributed by atoms with Crippen LogP contribution in [0.15, 0.2) is 12.7 Å². The minimum absolute atomic E-state index is 0.0228. The number of hydrogen-bond donors (Lipinski definition) is 9. The number of anilines is 1. The van der Waals surface area contributed by atoms with Gasteiger partial charge >= 0.3 is 23.5 Å². The Balaban J connectivity index is 1.46. The molecule has 0 radical (unpaired) electrons. The second-order valence-electron chi connectivity index (χ2n) is 14.4. The number of imidazole rings is 1. The fourth-order valence-corrected chi connectivity index (χ4v) is 8.61. The van der Waals surface area contributed by atoms with Crippen molar-refractivity contribution in [2.45, 2.75) is 63.8 Å². The van der Waals surface area contributed by atoms with Gasteiger partial charge in [0.25, 0.3) is 0 Å². The first kappa shape index (κ1) is 48.9. The highest BCUT2D eigenvalue weighted by Gasteiger charge is 2.50. The molecule has 0 bridgehead atoms. The number of nitrogens with two attached hydrogens (primary N) is 1. The van der Waals surface area contributed by atoms with E-state index in [0.29, 0.717) is 12.2 Å². The highest BCUT2D eigenvalue weighted by molar-refractivity contribution is 8.13. The van der Waals surface area contributed by atoms with Crippen molar-refractivity contribution in [1.29, 1.82) is 0 Å². The van der Waals surface area contributed by atoms with Crippen LogP contribution in [0.5, 0.6) is 0 Å². The van der Waals surface area contributed by atoms with Crippen LogP contribution in [-0.4, -0.2) is 155 Å². The van der Waals surface area contributed by atoms with Crippen molar-refractivity contribution in [2.24, 2.45) is 5.41 Å². The maximum absolute atomic E-state index is 12.7. The van der Waals surface area contributed by atoms with Gasteiger partial charge in [0.05, 0.1) is 47.2 Å². The number of ether oxygens (including phenoxy) is 1. The van der Waals surface area contributed by atoms with E-state index in [0.717, 1.165) is 46.4 Å². The number of thioether (sulfide) groups is 1. The first-order valence-corrected chi connectivity index (χ1v) is 22.6. The number of carbonyl (C=O) groups excluding carboxylic acids is 3. The van der Waals surface area contributed by atoms with Crippen LogP contribution >= 0.6 is 35.2 Å². The summed E-state index contributed by atoms with van der Waals surface area (Å²) in [4.78, 5) is 87.7. The second kappa shape index (κ2) is 20.2. The molecule has 1 aliphatic heterocycles.